The Kier molecular flexibility index (Phi) is 4.82. The quantitative estimate of drug-likeness (QED) is 0.865. The number of nitrogens with zero attached hydrogens (tertiary/aromatic N) is 3. The molecule has 1 N–H and O–H groups in total. The first-order valence-electron chi connectivity index (χ1n) is 9.73. The molecule has 4 rings (SSSR count). The molecule has 9 heteroatoms. The Morgan fingerprint density at radius 2 is 2.19 bits per heavy atom. The van der Waals surface area contributed by atoms with Crippen molar-refractivity contribution in [2.75, 3.05) is 18.5 Å². The molecule has 2 saturated heterocycles. The molecule has 0 saturated carbocycles. The largest absolute Gasteiger partial charge is 0.410 e. The number of hydrogen-bond donors (Lipinski definition) is 1. The molecule has 0 unspecified atom stereocenters. The summed E-state index contributed by atoms with van der Waals surface area (Å²) in [5.74, 6) is 0.328. The zero-order valence-electron chi connectivity index (χ0n) is 15.3. The van der Waals surface area contributed by atoms with E-state index in [4.69, 9.17) is 4.74 Å². The van der Waals surface area contributed by atoms with Crippen LogP contribution in [-0.2, 0) is 9.53 Å². The first kappa shape index (κ1) is 18.6. The molecule has 150 valence electrons. The van der Waals surface area contributed by atoms with Gasteiger partial charge >= 0.3 is 6.18 Å². The molecule has 0 aromatic carbocycles. The zero-order valence-corrected chi connectivity index (χ0v) is 15.3. The SMILES string of the molecule is CC[C@@H]1C[C@H](C(F)(F)F)n2nc([C@H]3CCCN3C(=O)[C@@H]3CCCO3)cc2N1. The van der Waals surface area contributed by atoms with E-state index in [-0.39, 0.29) is 24.4 Å². The fourth-order valence-corrected chi connectivity index (χ4v) is 4.40. The van der Waals surface area contributed by atoms with Crippen molar-refractivity contribution in [2.24, 2.45) is 0 Å². The van der Waals surface area contributed by atoms with Gasteiger partial charge in [-0.05, 0) is 38.5 Å². The first-order valence-corrected chi connectivity index (χ1v) is 9.73. The number of fused-ring (bicyclic) bond motifs is 1. The Hall–Kier alpha value is -1.77. The normalized spacial score (nSPS) is 31.0. The van der Waals surface area contributed by atoms with Crippen LogP contribution >= 0.6 is 0 Å². The molecule has 3 aliphatic heterocycles. The summed E-state index contributed by atoms with van der Waals surface area (Å²) in [4.78, 5) is 14.5. The molecule has 2 fully saturated rings. The summed E-state index contributed by atoms with van der Waals surface area (Å²) < 4.78 is 47.2. The highest BCUT2D eigenvalue weighted by Crippen LogP contribution is 2.42. The Balaban J connectivity index is 1.61. The van der Waals surface area contributed by atoms with Crippen LogP contribution in [0.4, 0.5) is 19.0 Å². The number of carbonyl (C=O) groups excluding carboxylic acids is 1. The number of anilines is 1. The van der Waals surface area contributed by atoms with Crippen LogP contribution in [0.25, 0.3) is 0 Å². The van der Waals surface area contributed by atoms with Crippen LogP contribution in [0.3, 0.4) is 0 Å². The lowest BCUT2D eigenvalue weighted by Gasteiger charge is -2.32. The lowest BCUT2D eigenvalue weighted by Crippen LogP contribution is -2.39. The molecule has 0 bridgehead atoms. The summed E-state index contributed by atoms with van der Waals surface area (Å²) in [5, 5.41) is 7.47. The minimum absolute atomic E-state index is 0.0304. The molecule has 4 heterocycles. The van der Waals surface area contributed by atoms with Gasteiger partial charge in [0.05, 0.1) is 11.7 Å². The lowest BCUT2D eigenvalue weighted by atomic mass is 10.0. The molecule has 4 atom stereocenters. The van der Waals surface area contributed by atoms with Crippen molar-refractivity contribution >= 4 is 11.7 Å². The van der Waals surface area contributed by atoms with Crippen LogP contribution in [0.15, 0.2) is 6.07 Å². The van der Waals surface area contributed by atoms with Gasteiger partial charge < -0.3 is 15.0 Å². The van der Waals surface area contributed by atoms with Crippen LogP contribution in [0.5, 0.6) is 0 Å². The van der Waals surface area contributed by atoms with Gasteiger partial charge in [0.2, 0.25) is 0 Å². The third kappa shape index (κ3) is 3.41. The average Bonchev–Trinajstić information content (AvgIpc) is 3.38. The van der Waals surface area contributed by atoms with E-state index in [0.29, 0.717) is 43.9 Å². The summed E-state index contributed by atoms with van der Waals surface area (Å²) in [6.45, 7) is 3.06. The number of carbonyl (C=O) groups is 1. The van der Waals surface area contributed by atoms with Gasteiger partial charge in [-0.15, -0.1) is 0 Å². The molecule has 6 nitrogen and oxygen atoms in total. The van der Waals surface area contributed by atoms with Gasteiger partial charge in [-0.25, -0.2) is 4.68 Å². The minimum atomic E-state index is -4.35. The Morgan fingerprint density at radius 3 is 2.85 bits per heavy atom. The van der Waals surface area contributed by atoms with Gasteiger partial charge in [0.15, 0.2) is 6.04 Å². The molecule has 27 heavy (non-hydrogen) atoms. The number of amides is 1. The van der Waals surface area contributed by atoms with Crippen LogP contribution < -0.4 is 5.32 Å². The Labute approximate surface area is 156 Å². The maximum atomic E-state index is 13.6. The predicted octanol–water partition coefficient (Wildman–Crippen LogP) is 3.42. The number of nitrogens with one attached hydrogen (secondary N) is 1. The molecule has 0 spiro atoms. The van der Waals surface area contributed by atoms with Crippen LogP contribution in [0.1, 0.15) is 63.2 Å². The molecule has 1 amide bonds. The fourth-order valence-electron chi connectivity index (χ4n) is 4.40. The minimum Gasteiger partial charge on any atom is -0.368 e. The van der Waals surface area contributed by atoms with Crippen molar-refractivity contribution < 1.29 is 22.7 Å². The number of halogens is 3. The monoisotopic (exact) mass is 386 g/mol. The molecular formula is C18H25F3N4O2. The third-order valence-corrected chi connectivity index (χ3v) is 5.86. The summed E-state index contributed by atoms with van der Waals surface area (Å²) in [6, 6.07) is -0.458. The van der Waals surface area contributed by atoms with Crippen molar-refractivity contribution in [3.63, 3.8) is 0 Å². The van der Waals surface area contributed by atoms with E-state index in [2.05, 4.69) is 10.4 Å². The van der Waals surface area contributed by atoms with Crippen molar-refractivity contribution in [3.05, 3.63) is 11.8 Å². The first-order chi connectivity index (χ1) is 12.9. The molecule has 1 aromatic heterocycles. The van der Waals surface area contributed by atoms with E-state index in [1.807, 2.05) is 6.92 Å². The van der Waals surface area contributed by atoms with E-state index in [9.17, 15) is 18.0 Å². The van der Waals surface area contributed by atoms with Gasteiger partial charge in [0, 0.05) is 25.3 Å². The van der Waals surface area contributed by atoms with Gasteiger partial charge in [0.25, 0.3) is 5.91 Å². The number of ether oxygens (including phenoxy) is 1. The standard InChI is InChI=1S/C18H25F3N4O2/c1-2-11-9-15(18(19,20)21)25-16(22-11)10-12(23-25)13-5-3-7-24(13)17(26)14-6-4-8-27-14/h10-11,13-15,22H,2-9H2,1H3/t11-,13-,14+,15-/m1/s1. The molecular weight excluding hydrogens is 361 g/mol. The maximum absolute atomic E-state index is 13.6. The average molecular weight is 386 g/mol. The Morgan fingerprint density at radius 1 is 1.37 bits per heavy atom. The number of aromatic nitrogens is 2. The fraction of sp³-hybridized carbons (Fsp3) is 0.778. The van der Waals surface area contributed by atoms with Crippen molar-refractivity contribution in [1.29, 1.82) is 0 Å². The van der Waals surface area contributed by atoms with Gasteiger partial charge in [-0.2, -0.15) is 18.3 Å². The summed E-state index contributed by atoms with van der Waals surface area (Å²) in [5.41, 5.74) is 0.535. The van der Waals surface area contributed by atoms with E-state index < -0.39 is 18.3 Å². The number of rotatable bonds is 3. The number of alkyl halides is 3. The lowest BCUT2D eigenvalue weighted by molar-refractivity contribution is -0.173. The second-order valence-corrected chi connectivity index (χ2v) is 7.63. The smallest absolute Gasteiger partial charge is 0.368 e. The predicted molar refractivity (Wildman–Crippen MR) is 92.3 cm³/mol. The second kappa shape index (κ2) is 7.00. The van der Waals surface area contributed by atoms with E-state index in [1.54, 1.807) is 11.0 Å². The summed E-state index contributed by atoms with van der Waals surface area (Å²) in [7, 11) is 0. The molecule has 1 aromatic rings. The van der Waals surface area contributed by atoms with E-state index in [1.165, 1.54) is 0 Å². The van der Waals surface area contributed by atoms with Crippen molar-refractivity contribution in [3.8, 4) is 0 Å². The van der Waals surface area contributed by atoms with Gasteiger partial charge in [-0.3, -0.25) is 4.79 Å². The zero-order chi connectivity index (χ0) is 19.2. The molecule has 0 aliphatic carbocycles. The number of likely N-dealkylation sites (tertiary alicyclic amines) is 1. The number of hydrogen-bond acceptors (Lipinski definition) is 4. The summed E-state index contributed by atoms with van der Waals surface area (Å²) >= 11 is 0. The highest BCUT2D eigenvalue weighted by molar-refractivity contribution is 5.82. The highest BCUT2D eigenvalue weighted by atomic mass is 19.4. The second-order valence-electron chi connectivity index (χ2n) is 7.63. The van der Waals surface area contributed by atoms with E-state index >= 15 is 0 Å². The van der Waals surface area contributed by atoms with Crippen LogP contribution in [0, 0.1) is 0 Å². The van der Waals surface area contributed by atoms with Gasteiger partial charge in [0.1, 0.15) is 11.9 Å². The Bertz CT molecular complexity index is 699. The maximum Gasteiger partial charge on any atom is 0.410 e. The molecule has 0 radical (unpaired) electrons. The van der Waals surface area contributed by atoms with Crippen molar-refractivity contribution in [2.45, 2.75) is 75.9 Å². The molecule has 3 aliphatic rings. The highest BCUT2D eigenvalue weighted by Gasteiger charge is 2.47. The topological polar surface area (TPSA) is 59.4 Å². The van der Waals surface area contributed by atoms with E-state index in [0.717, 1.165) is 17.5 Å². The summed E-state index contributed by atoms with van der Waals surface area (Å²) in [6.07, 6.45) is -1.09. The van der Waals surface area contributed by atoms with Gasteiger partial charge in [-0.1, -0.05) is 6.92 Å². The van der Waals surface area contributed by atoms with Crippen LogP contribution in [-0.4, -0.2) is 52.1 Å². The van der Waals surface area contributed by atoms with Crippen molar-refractivity contribution in [1.82, 2.24) is 14.7 Å². The van der Waals surface area contributed by atoms with Crippen LogP contribution in [0.2, 0.25) is 0 Å². The third-order valence-electron chi connectivity index (χ3n) is 5.86.